The molecular weight excluding hydrogens is 478 g/mol. The van der Waals surface area contributed by atoms with Crippen molar-refractivity contribution < 1.29 is 9.59 Å². The summed E-state index contributed by atoms with van der Waals surface area (Å²) in [5, 5.41) is 20.9. The normalized spacial score (nSPS) is 10.9. The van der Waals surface area contributed by atoms with E-state index in [2.05, 4.69) is 37.4 Å². The molecular formula is C29H23N7O2. The minimum Gasteiger partial charge on any atom is -0.339 e. The summed E-state index contributed by atoms with van der Waals surface area (Å²) in [6.07, 6.45) is 9.29. The second-order valence-electron chi connectivity index (χ2n) is 8.34. The zero-order valence-corrected chi connectivity index (χ0v) is 20.2. The van der Waals surface area contributed by atoms with Crippen molar-refractivity contribution in [1.82, 2.24) is 20.2 Å². The van der Waals surface area contributed by atoms with E-state index < -0.39 is 0 Å². The van der Waals surface area contributed by atoms with Crippen LogP contribution in [0.5, 0.6) is 0 Å². The van der Waals surface area contributed by atoms with Gasteiger partial charge >= 0.3 is 0 Å². The van der Waals surface area contributed by atoms with E-state index in [4.69, 9.17) is 5.41 Å². The van der Waals surface area contributed by atoms with Crippen molar-refractivity contribution in [2.45, 2.75) is 0 Å². The Hall–Kier alpha value is -5.57. The number of anilines is 2. The van der Waals surface area contributed by atoms with Crippen molar-refractivity contribution in [3.8, 4) is 22.4 Å². The van der Waals surface area contributed by atoms with E-state index in [0.29, 0.717) is 22.6 Å². The Morgan fingerprint density at radius 2 is 1.79 bits per heavy atom. The molecule has 0 aliphatic heterocycles. The second-order valence-corrected chi connectivity index (χ2v) is 8.34. The van der Waals surface area contributed by atoms with Crippen LogP contribution in [-0.2, 0) is 4.79 Å². The van der Waals surface area contributed by atoms with Crippen LogP contribution in [-0.4, -0.2) is 38.2 Å². The van der Waals surface area contributed by atoms with Gasteiger partial charge < -0.3 is 21.0 Å². The summed E-state index contributed by atoms with van der Waals surface area (Å²) in [5.41, 5.74) is 6.60. The van der Waals surface area contributed by atoms with E-state index in [-0.39, 0.29) is 11.8 Å². The number of carbonyl (C=O) groups excluding carboxylic acids is 2. The molecule has 5 N–H and O–H groups in total. The number of H-pyrrole nitrogens is 2. The van der Waals surface area contributed by atoms with Crippen LogP contribution in [0.15, 0.2) is 91.8 Å². The Balaban J connectivity index is 1.42. The maximum Gasteiger partial charge on any atom is 0.255 e. The number of nitrogens with zero attached hydrogens (tertiary/aromatic N) is 2. The summed E-state index contributed by atoms with van der Waals surface area (Å²) in [6, 6.07) is 18.1. The highest BCUT2D eigenvalue weighted by atomic mass is 16.2. The third-order valence-electron chi connectivity index (χ3n) is 5.86. The summed E-state index contributed by atoms with van der Waals surface area (Å²) in [4.78, 5) is 32.3. The van der Waals surface area contributed by atoms with Crippen molar-refractivity contribution in [3.05, 3.63) is 103 Å². The summed E-state index contributed by atoms with van der Waals surface area (Å²) in [5.74, 6) is -0.652. The van der Waals surface area contributed by atoms with E-state index in [1.165, 1.54) is 12.3 Å². The van der Waals surface area contributed by atoms with Crippen LogP contribution in [0.25, 0.3) is 39.5 Å². The number of fused-ring (bicyclic) bond motifs is 1. The molecule has 0 spiro atoms. The quantitative estimate of drug-likeness (QED) is 0.138. The monoisotopic (exact) mass is 501 g/mol. The number of rotatable bonds is 8. The molecule has 5 rings (SSSR count). The smallest absolute Gasteiger partial charge is 0.255 e. The molecule has 5 aromatic rings. The van der Waals surface area contributed by atoms with Gasteiger partial charge in [0.25, 0.3) is 5.91 Å². The number of pyridine rings is 1. The Labute approximate surface area is 217 Å². The molecule has 0 atom stereocenters. The molecule has 38 heavy (non-hydrogen) atoms. The number of nitrogens with one attached hydrogen (secondary N) is 5. The number of benzene rings is 2. The zero-order valence-electron chi connectivity index (χ0n) is 20.2. The molecule has 0 saturated heterocycles. The second kappa shape index (κ2) is 10.6. The van der Waals surface area contributed by atoms with E-state index in [1.54, 1.807) is 48.8 Å². The van der Waals surface area contributed by atoms with Gasteiger partial charge in [0.2, 0.25) is 5.91 Å². The number of carbonyl (C=O) groups is 2. The fraction of sp³-hybridized carbons (Fsp3) is 0. The molecule has 0 radical (unpaired) electrons. The van der Waals surface area contributed by atoms with Crippen LogP contribution in [0.3, 0.4) is 0 Å². The van der Waals surface area contributed by atoms with E-state index >= 15 is 0 Å². The first-order chi connectivity index (χ1) is 18.6. The van der Waals surface area contributed by atoms with Crippen LogP contribution in [0, 0.1) is 5.41 Å². The number of amides is 2. The van der Waals surface area contributed by atoms with Crippen molar-refractivity contribution in [3.63, 3.8) is 0 Å². The Kier molecular flexibility index (Phi) is 6.73. The van der Waals surface area contributed by atoms with E-state index in [0.717, 1.165) is 33.5 Å². The minimum absolute atomic E-state index is 0.303. The third-order valence-corrected chi connectivity index (χ3v) is 5.86. The minimum atomic E-state index is -0.349. The highest BCUT2D eigenvalue weighted by Gasteiger charge is 2.14. The van der Waals surface area contributed by atoms with Gasteiger partial charge in [-0.05, 0) is 66.3 Å². The lowest BCUT2D eigenvalue weighted by Crippen LogP contribution is -2.13. The fourth-order valence-corrected chi connectivity index (χ4v) is 4.10. The van der Waals surface area contributed by atoms with E-state index in [1.807, 2.05) is 36.4 Å². The average Bonchev–Trinajstić information content (AvgIpc) is 3.59. The lowest BCUT2D eigenvalue weighted by Gasteiger charge is -2.09. The molecule has 186 valence electrons. The maximum atomic E-state index is 12.9. The molecule has 2 aromatic carbocycles. The molecule has 0 saturated carbocycles. The first kappa shape index (κ1) is 24.1. The number of aromatic nitrogens is 4. The predicted octanol–water partition coefficient (Wildman–Crippen LogP) is 5.66. The largest absolute Gasteiger partial charge is 0.339 e. The number of aromatic amines is 2. The zero-order chi connectivity index (χ0) is 26.5. The summed E-state index contributed by atoms with van der Waals surface area (Å²) >= 11 is 0. The highest BCUT2D eigenvalue weighted by molar-refractivity contribution is 6.06. The molecule has 0 bridgehead atoms. The van der Waals surface area contributed by atoms with E-state index in [9.17, 15) is 9.59 Å². The van der Waals surface area contributed by atoms with Crippen LogP contribution in [0.2, 0.25) is 0 Å². The highest BCUT2D eigenvalue weighted by Crippen LogP contribution is 2.33. The van der Waals surface area contributed by atoms with Crippen LogP contribution in [0.1, 0.15) is 16.1 Å². The maximum absolute atomic E-state index is 12.9. The molecule has 3 aromatic heterocycles. The standard InChI is InChI=1S/C29H23N7O2/c1-2-27(37)33-20-8-4-7-19(15-20)29(38)34-21-9-3-6-18(14-21)26-16-23-22(11-13-31-28(23)35-26)24-17-32-36-25(24)10-5-12-30/h2-17,30H,1H2,(H,31,35)(H,32,36)(H,33,37)(H,34,38)/b10-5-,30-12?. The SMILES string of the molecule is C=CC(=O)Nc1cccc(C(=O)Nc2cccc(-c3cc4c(-c5cn[nH]c5/C=C\C=N)ccnc4[nH]3)c2)c1. The van der Waals surface area contributed by atoms with Crippen molar-refractivity contribution in [2.24, 2.45) is 0 Å². The molecule has 0 aliphatic carbocycles. The molecule has 9 nitrogen and oxygen atoms in total. The molecule has 9 heteroatoms. The molecule has 0 aliphatic rings. The first-order valence-electron chi connectivity index (χ1n) is 11.7. The van der Waals surface area contributed by atoms with Gasteiger partial charge in [-0.3, -0.25) is 14.7 Å². The van der Waals surface area contributed by atoms with Gasteiger partial charge in [-0.2, -0.15) is 5.10 Å². The van der Waals surface area contributed by atoms with Gasteiger partial charge in [0.05, 0.1) is 11.9 Å². The number of hydrogen-bond donors (Lipinski definition) is 5. The molecule has 3 heterocycles. The Morgan fingerprint density at radius 1 is 0.974 bits per heavy atom. The lowest BCUT2D eigenvalue weighted by atomic mass is 10.0. The molecule has 2 amide bonds. The van der Waals surface area contributed by atoms with Crippen LogP contribution in [0.4, 0.5) is 11.4 Å². The van der Waals surface area contributed by atoms with Crippen molar-refractivity contribution in [1.29, 1.82) is 5.41 Å². The van der Waals surface area contributed by atoms with Crippen molar-refractivity contribution >= 4 is 46.5 Å². The van der Waals surface area contributed by atoms with Gasteiger partial charge in [-0.15, -0.1) is 0 Å². The van der Waals surface area contributed by atoms with Gasteiger partial charge in [0.15, 0.2) is 0 Å². The number of allylic oxidation sites excluding steroid dienone is 1. The summed E-state index contributed by atoms with van der Waals surface area (Å²) in [6.45, 7) is 3.44. The van der Waals surface area contributed by atoms with Crippen LogP contribution >= 0.6 is 0 Å². The van der Waals surface area contributed by atoms with Gasteiger partial charge in [0, 0.05) is 51.6 Å². The Morgan fingerprint density at radius 3 is 2.61 bits per heavy atom. The van der Waals surface area contributed by atoms with Crippen LogP contribution < -0.4 is 10.6 Å². The number of hydrogen-bond acceptors (Lipinski definition) is 5. The third kappa shape index (κ3) is 5.02. The lowest BCUT2D eigenvalue weighted by molar-refractivity contribution is -0.111. The first-order valence-corrected chi connectivity index (χ1v) is 11.7. The molecule has 0 fully saturated rings. The summed E-state index contributed by atoms with van der Waals surface area (Å²) < 4.78 is 0. The fourth-order valence-electron chi connectivity index (χ4n) is 4.10. The van der Waals surface area contributed by atoms with Gasteiger partial charge in [-0.1, -0.05) is 24.8 Å². The predicted molar refractivity (Wildman–Crippen MR) is 150 cm³/mol. The topological polar surface area (TPSA) is 139 Å². The van der Waals surface area contributed by atoms with Gasteiger partial charge in [0.1, 0.15) is 5.65 Å². The van der Waals surface area contributed by atoms with Crippen molar-refractivity contribution in [2.75, 3.05) is 10.6 Å². The van der Waals surface area contributed by atoms with Gasteiger partial charge in [-0.25, -0.2) is 4.98 Å². The summed E-state index contributed by atoms with van der Waals surface area (Å²) in [7, 11) is 0. The average molecular weight is 502 g/mol. The Bertz CT molecular complexity index is 1710. The molecule has 0 unspecified atom stereocenters.